The van der Waals surface area contributed by atoms with Gasteiger partial charge in [-0.05, 0) is 29.8 Å². The highest BCUT2D eigenvalue weighted by Crippen LogP contribution is 2.20. The number of carbonyl (C=O) groups excluding carboxylic acids is 1. The van der Waals surface area contributed by atoms with Crippen LogP contribution in [0, 0.1) is 0 Å². The van der Waals surface area contributed by atoms with E-state index in [9.17, 15) is 4.79 Å². The number of methoxy groups -OCH3 is 1. The zero-order valence-corrected chi connectivity index (χ0v) is 14.2. The van der Waals surface area contributed by atoms with E-state index < -0.39 is 5.97 Å². The molecule has 25 heavy (non-hydrogen) atoms. The van der Waals surface area contributed by atoms with Crippen molar-refractivity contribution in [2.45, 2.75) is 13.2 Å². The highest BCUT2D eigenvalue weighted by Gasteiger charge is 2.13. The molecule has 0 spiro atoms. The van der Waals surface area contributed by atoms with Gasteiger partial charge in [-0.3, -0.25) is 0 Å². The van der Waals surface area contributed by atoms with Crippen LogP contribution in [0.2, 0.25) is 5.02 Å². The Kier molecular flexibility index (Phi) is 5.42. The molecule has 3 aromatic rings. The average molecular weight is 359 g/mol. The van der Waals surface area contributed by atoms with E-state index in [-0.39, 0.29) is 12.5 Å². The fourth-order valence-electron chi connectivity index (χ4n) is 2.22. The van der Waals surface area contributed by atoms with E-state index in [0.29, 0.717) is 23.0 Å². The van der Waals surface area contributed by atoms with E-state index >= 15 is 0 Å². The number of nitrogens with zero attached hydrogens (tertiary/aromatic N) is 2. The van der Waals surface area contributed by atoms with Crippen LogP contribution in [-0.2, 0) is 22.7 Å². The van der Waals surface area contributed by atoms with Crippen LogP contribution >= 0.6 is 11.6 Å². The summed E-state index contributed by atoms with van der Waals surface area (Å²) in [6.45, 7) is 0.314. The van der Waals surface area contributed by atoms with Crippen molar-refractivity contribution in [2.75, 3.05) is 7.11 Å². The van der Waals surface area contributed by atoms with Gasteiger partial charge in [0.25, 0.3) is 5.89 Å². The second-order valence-corrected chi connectivity index (χ2v) is 5.67. The van der Waals surface area contributed by atoms with Crippen LogP contribution in [0.3, 0.4) is 0 Å². The van der Waals surface area contributed by atoms with Crippen LogP contribution in [0.25, 0.3) is 11.4 Å². The van der Waals surface area contributed by atoms with Crippen molar-refractivity contribution in [1.29, 1.82) is 0 Å². The maximum atomic E-state index is 12.1. The Labute approximate surface area is 149 Å². The predicted octanol–water partition coefficient (Wildman–Crippen LogP) is 3.89. The topological polar surface area (TPSA) is 74.5 Å². The molecule has 128 valence electrons. The molecule has 0 saturated heterocycles. The van der Waals surface area contributed by atoms with Gasteiger partial charge in [0, 0.05) is 17.7 Å². The van der Waals surface area contributed by atoms with Gasteiger partial charge in [0.15, 0.2) is 6.61 Å². The van der Waals surface area contributed by atoms with Gasteiger partial charge in [0.1, 0.15) is 0 Å². The summed E-state index contributed by atoms with van der Waals surface area (Å²) >= 11 is 5.94. The zero-order valence-electron chi connectivity index (χ0n) is 13.4. The minimum atomic E-state index is -0.472. The van der Waals surface area contributed by atoms with Crippen LogP contribution in [0.1, 0.15) is 21.8 Å². The normalized spacial score (nSPS) is 10.6. The van der Waals surface area contributed by atoms with Crippen molar-refractivity contribution < 1.29 is 18.8 Å². The fourth-order valence-corrected chi connectivity index (χ4v) is 2.41. The molecule has 0 saturated carbocycles. The molecule has 0 aliphatic heterocycles. The molecule has 6 nitrogen and oxygen atoms in total. The molecule has 7 heteroatoms. The standard InChI is InChI=1S/C18H15ClN2O4/c1-23-10-12-4-2-6-14(8-12)18(22)24-11-16-20-17(21-25-16)13-5-3-7-15(19)9-13/h2-9H,10-11H2,1H3. The molecule has 0 aliphatic carbocycles. The SMILES string of the molecule is COCc1cccc(C(=O)OCc2nc(-c3cccc(Cl)c3)no2)c1. The number of hydrogen-bond donors (Lipinski definition) is 0. The molecule has 0 aliphatic rings. The van der Waals surface area contributed by atoms with E-state index in [0.717, 1.165) is 11.1 Å². The zero-order chi connectivity index (χ0) is 17.6. The molecular weight excluding hydrogens is 344 g/mol. The Morgan fingerprint density at radius 3 is 2.80 bits per heavy atom. The summed E-state index contributed by atoms with van der Waals surface area (Å²) < 4.78 is 15.4. The van der Waals surface area contributed by atoms with Gasteiger partial charge >= 0.3 is 5.97 Å². The number of hydrogen-bond acceptors (Lipinski definition) is 6. The first-order valence-corrected chi connectivity index (χ1v) is 7.87. The smallest absolute Gasteiger partial charge is 0.338 e. The van der Waals surface area contributed by atoms with E-state index in [2.05, 4.69) is 10.1 Å². The molecular formula is C18H15ClN2O4. The molecule has 1 heterocycles. The number of ether oxygens (including phenoxy) is 2. The van der Waals surface area contributed by atoms with Crippen LogP contribution < -0.4 is 0 Å². The van der Waals surface area contributed by atoms with Crippen molar-refractivity contribution in [3.8, 4) is 11.4 Å². The maximum Gasteiger partial charge on any atom is 0.338 e. The van der Waals surface area contributed by atoms with Gasteiger partial charge in [-0.1, -0.05) is 41.0 Å². The first kappa shape index (κ1) is 17.1. The minimum absolute atomic E-state index is 0.110. The Morgan fingerprint density at radius 1 is 1.16 bits per heavy atom. The van der Waals surface area contributed by atoms with E-state index in [1.165, 1.54) is 0 Å². The summed E-state index contributed by atoms with van der Waals surface area (Å²) in [4.78, 5) is 16.3. The van der Waals surface area contributed by atoms with Gasteiger partial charge in [-0.2, -0.15) is 4.98 Å². The van der Waals surface area contributed by atoms with Crippen molar-refractivity contribution in [2.24, 2.45) is 0 Å². The van der Waals surface area contributed by atoms with Gasteiger partial charge in [-0.25, -0.2) is 4.79 Å². The van der Waals surface area contributed by atoms with Gasteiger partial charge in [0.05, 0.1) is 12.2 Å². The summed E-state index contributed by atoms with van der Waals surface area (Å²) in [5, 5.41) is 4.44. The largest absolute Gasteiger partial charge is 0.452 e. The average Bonchev–Trinajstić information content (AvgIpc) is 3.09. The molecule has 0 fully saturated rings. The van der Waals surface area contributed by atoms with Crippen LogP contribution in [0.4, 0.5) is 0 Å². The Bertz CT molecular complexity index is 879. The number of aromatic nitrogens is 2. The van der Waals surface area contributed by atoms with Crippen molar-refractivity contribution in [3.63, 3.8) is 0 Å². The predicted molar refractivity (Wildman–Crippen MR) is 91.0 cm³/mol. The lowest BCUT2D eigenvalue weighted by molar-refractivity contribution is 0.0429. The lowest BCUT2D eigenvalue weighted by atomic mass is 10.1. The summed E-state index contributed by atoms with van der Waals surface area (Å²) in [5.41, 5.74) is 2.04. The van der Waals surface area contributed by atoms with Crippen LogP contribution in [0.15, 0.2) is 53.1 Å². The van der Waals surface area contributed by atoms with Gasteiger partial charge in [0.2, 0.25) is 5.82 Å². The third-order valence-corrected chi connectivity index (χ3v) is 3.59. The first-order valence-electron chi connectivity index (χ1n) is 7.49. The van der Waals surface area contributed by atoms with Crippen molar-refractivity contribution in [1.82, 2.24) is 10.1 Å². The van der Waals surface area contributed by atoms with E-state index in [1.807, 2.05) is 12.1 Å². The first-order chi connectivity index (χ1) is 12.2. The summed E-state index contributed by atoms with van der Waals surface area (Å²) in [6, 6.07) is 14.1. The van der Waals surface area contributed by atoms with Gasteiger partial charge < -0.3 is 14.0 Å². The highest BCUT2D eigenvalue weighted by molar-refractivity contribution is 6.30. The lowest BCUT2D eigenvalue weighted by Crippen LogP contribution is -2.06. The minimum Gasteiger partial charge on any atom is -0.452 e. The molecule has 0 radical (unpaired) electrons. The maximum absolute atomic E-state index is 12.1. The Morgan fingerprint density at radius 2 is 2.00 bits per heavy atom. The van der Waals surface area contributed by atoms with Crippen LogP contribution in [-0.4, -0.2) is 23.2 Å². The fraction of sp³-hybridized carbons (Fsp3) is 0.167. The highest BCUT2D eigenvalue weighted by atomic mass is 35.5. The third-order valence-electron chi connectivity index (χ3n) is 3.35. The molecule has 0 N–H and O–H groups in total. The lowest BCUT2D eigenvalue weighted by Gasteiger charge is -2.04. The van der Waals surface area contributed by atoms with Crippen molar-refractivity contribution >= 4 is 17.6 Å². The molecule has 0 atom stereocenters. The monoisotopic (exact) mass is 358 g/mol. The Balaban J connectivity index is 1.64. The molecule has 3 rings (SSSR count). The quantitative estimate of drug-likeness (QED) is 0.622. The van der Waals surface area contributed by atoms with E-state index in [4.69, 9.17) is 25.6 Å². The van der Waals surface area contributed by atoms with Crippen molar-refractivity contribution in [3.05, 3.63) is 70.6 Å². The van der Waals surface area contributed by atoms with E-state index in [1.54, 1.807) is 43.5 Å². The number of rotatable bonds is 6. The molecule has 2 aromatic carbocycles. The summed E-state index contributed by atoms with van der Waals surface area (Å²) in [5.74, 6) is 0.118. The van der Waals surface area contributed by atoms with Crippen LogP contribution in [0.5, 0.6) is 0 Å². The number of benzene rings is 2. The number of carbonyl (C=O) groups is 1. The summed E-state index contributed by atoms with van der Waals surface area (Å²) in [7, 11) is 1.60. The second-order valence-electron chi connectivity index (χ2n) is 5.23. The number of halogens is 1. The summed E-state index contributed by atoms with van der Waals surface area (Å²) in [6.07, 6.45) is 0. The third kappa shape index (κ3) is 4.43. The molecule has 0 bridgehead atoms. The molecule has 1 aromatic heterocycles. The molecule has 0 unspecified atom stereocenters. The number of esters is 1. The molecule has 0 amide bonds. The Hall–Kier alpha value is -2.70. The second kappa shape index (κ2) is 7.92. The van der Waals surface area contributed by atoms with Gasteiger partial charge in [-0.15, -0.1) is 0 Å².